The van der Waals surface area contributed by atoms with Crippen LogP contribution in [0, 0.1) is 0 Å². The molecule has 3 heteroatoms. The Labute approximate surface area is 72.0 Å². The molecule has 1 rings (SSSR count). The molecule has 1 atom stereocenters. The van der Waals surface area contributed by atoms with Crippen molar-refractivity contribution in [2.24, 2.45) is 11.5 Å². The fraction of sp³-hybridized carbons (Fsp3) is 0.333. The standard InChI is InChI=1S/C9H14N2O/c10-5-4-9(11)7-2-1-3-8(12)6-7/h1-3,6,9,12H,4-5,10-11H2/t9-/m1/s1. The summed E-state index contributed by atoms with van der Waals surface area (Å²) in [5.74, 6) is 0.250. The summed E-state index contributed by atoms with van der Waals surface area (Å²) in [5, 5.41) is 9.14. The summed E-state index contributed by atoms with van der Waals surface area (Å²) in [6.07, 6.45) is 0.740. The van der Waals surface area contributed by atoms with E-state index in [1.807, 2.05) is 6.07 Å². The van der Waals surface area contributed by atoms with Gasteiger partial charge >= 0.3 is 0 Å². The maximum Gasteiger partial charge on any atom is 0.115 e. The molecule has 5 N–H and O–H groups in total. The van der Waals surface area contributed by atoms with Crippen molar-refractivity contribution >= 4 is 0 Å². The van der Waals surface area contributed by atoms with Gasteiger partial charge in [-0.25, -0.2) is 0 Å². The molecule has 3 nitrogen and oxygen atoms in total. The van der Waals surface area contributed by atoms with Crippen LogP contribution < -0.4 is 11.5 Å². The zero-order valence-corrected chi connectivity index (χ0v) is 6.90. The minimum atomic E-state index is -0.0675. The van der Waals surface area contributed by atoms with E-state index < -0.39 is 0 Å². The third-order valence-electron chi connectivity index (χ3n) is 1.78. The molecule has 1 aromatic carbocycles. The van der Waals surface area contributed by atoms with Gasteiger partial charge in [-0.2, -0.15) is 0 Å². The first-order chi connectivity index (χ1) is 5.74. The van der Waals surface area contributed by atoms with Crippen LogP contribution in [0.4, 0.5) is 0 Å². The van der Waals surface area contributed by atoms with Crippen LogP contribution in [0.25, 0.3) is 0 Å². The highest BCUT2D eigenvalue weighted by atomic mass is 16.3. The lowest BCUT2D eigenvalue weighted by Gasteiger charge is -2.10. The van der Waals surface area contributed by atoms with E-state index in [0.29, 0.717) is 6.54 Å². The summed E-state index contributed by atoms with van der Waals surface area (Å²) >= 11 is 0. The number of phenolic OH excluding ortho intramolecular Hbond substituents is 1. The van der Waals surface area contributed by atoms with E-state index in [9.17, 15) is 0 Å². The summed E-state index contributed by atoms with van der Waals surface area (Å²) in [4.78, 5) is 0. The third kappa shape index (κ3) is 2.22. The van der Waals surface area contributed by atoms with Gasteiger partial charge in [0.1, 0.15) is 5.75 Å². The molecule has 0 fully saturated rings. The molecule has 0 saturated carbocycles. The summed E-state index contributed by atoms with van der Waals surface area (Å²) in [6, 6.07) is 6.89. The Morgan fingerprint density at radius 1 is 1.42 bits per heavy atom. The highest BCUT2D eigenvalue weighted by molar-refractivity contribution is 5.29. The minimum absolute atomic E-state index is 0.0675. The Bertz CT molecular complexity index is 250. The second-order valence-electron chi connectivity index (χ2n) is 2.78. The van der Waals surface area contributed by atoms with Gasteiger partial charge in [0.2, 0.25) is 0 Å². The van der Waals surface area contributed by atoms with Gasteiger partial charge in [-0.3, -0.25) is 0 Å². The van der Waals surface area contributed by atoms with Crippen LogP contribution in [-0.4, -0.2) is 11.7 Å². The molecule has 0 aliphatic rings. The Hall–Kier alpha value is -1.06. The Kier molecular flexibility index (Phi) is 3.08. The van der Waals surface area contributed by atoms with Crippen LogP contribution in [0.2, 0.25) is 0 Å². The lowest BCUT2D eigenvalue weighted by molar-refractivity contribution is 0.473. The second-order valence-corrected chi connectivity index (χ2v) is 2.78. The van der Waals surface area contributed by atoms with Crippen molar-refractivity contribution < 1.29 is 5.11 Å². The Morgan fingerprint density at radius 3 is 2.75 bits per heavy atom. The molecule has 1 aromatic rings. The number of hydrogen-bond acceptors (Lipinski definition) is 3. The number of hydrogen-bond donors (Lipinski definition) is 3. The molecule has 0 amide bonds. The molecule has 0 saturated heterocycles. The average molecular weight is 166 g/mol. The molecule has 0 bridgehead atoms. The average Bonchev–Trinajstić information content (AvgIpc) is 2.05. The molecule has 0 unspecified atom stereocenters. The third-order valence-corrected chi connectivity index (χ3v) is 1.78. The van der Waals surface area contributed by atoms with E-state index in [-0.39, 0.29) is 11.8 Å². The first-order valence-electron chi connectivity index (χ1n) is 3.98. The van der Waals surface area contributed by atoms with Gasteiger partial charge in [0.15, 0.2) is 0 Å². The summed E-state index contributed by atoms with van der Waals surface area (Å²) < 4.78 is 0. The molecular weight excluding hydrogens is 152 g/mol. The Balaban J connectivity index is 2.73. The van der Waals surface area contributed by atoms with Crippen molar-refractivity contribution in [1.82, 2.24) is 0 Å². The molecule has 0 aliphatic heterocycles. The first kappa shape index (κ1) is 9.03. The zero-order chi connectivity index (χ0) is 8.97. The smallest absolute Gasteiger partial charge is 0.115 e. The summed E-state index contributed by atoms with van der Waals surface area (Å²) in [5.41, 5.74) is 12.1. The van der Waals surface area contributed by atoms with Crippen LogP contribution in [0.1, 0.15) is 18.0 Å². The summed E-state index contributed by atoms with van der Waals surface area (Å²) in [6.45, 7) is 0.566. The van der Waals surface area contributed by atoms with Gasteiger partial charge in [0, 0.05) is 6.04 Å². The largest absolute Gasteiger partial charge is 0.508 e. The minimum Gasteiger partial charge on any atom is -0.508 e. The van der Waals surface area contributed by atoms with Crippen LogP contribution in [0.15, 0.2) is 24.3 Å². The van der Waals surface area contributed by atoms with Crippen molar-refractivity contribution in [2.75, 3.05) is 6.54 Å². The second kappa shape index (κ2) is 4.09. The predicted molar refractivity (Wildman–Crippen MR) is 48.7 cm³/mol. The van der Waals surface area contributed by atoms with Gasteiger partial charge < -0.3 is 16.6 Å². The summed E-state index contributed by atoms with van der Waals surface area (Å²) in [7, 11) is 0. The van der Waals surface area contributed by atoms with Crippen LogP contribution in [-0.2, 0) is 0 Å². The van der Waals surface area contributed by atoms with Crippen LogP contribution in [0.5, 0.6) is 5.75 Å². The lowest BCUT2D eigenvalue weighted by Crippen LogP contribution is -2.14. The number of benzene rings is 1. The van der Waals surface area contributed by atoms with Crippen LogP contribution in [0.3, 0.4) is 0 Å². The SMILES string of the molecule is NCC[C@@H](N)c1cccc(O)c1. The fourth-order valence-electron chi connectivity index (χ4n) is 1.10. The van der Waals surface area contributed by atoms with Gasteiger partial charge in [-0.15, -0.1) is 0 Å². The molecule has 0 heterocycles. The fourth-order valence-corrected chi connectivity index (χ4v) is 1.10. The molecule has 0 radical (unpaired) electrons. The molecule has 0 spiro atoms. The number of aromatic hydroxyl groups is 1. The van der Waals surface area contributed by atoms with Crippen molar-refractivity contribution in [3.63, 3.8) is 0 Å². The van der Waals surface area contributed by atoms with Crippen molar-refractivity contribution in [3.05, 3.63) is 29.8 Å². The molecule has 12 heavy (non-hydrogen) atoms. The number of phenols is 1. The van der Waals surface area contributed by atoms with Gasteiger partial charge in [-0.05, 0) is 30.7 Å². The highest BCUT2D eigenvalue weighted by Gasteiger charge is 2.04. The Morgan fingerprint density at radius 2 is 2.17 bits per heavy atom. The van der Waals surface area contributed by atoms with E-state index in [1.54, 1.807) is 18.2 Å². The van der Waals surface area contributed by atoms with Gasteiger partial charge in [0.25, 0.3) is 0 Å². The van der Waals surface area contributed by atoms with Crippen molar-refractivity contribution in [3.8, 4) is 5.75 Å². The normalized spacial score (nSPS) is 12.8. The molecule has 66 valence electrons. The predicted octanol–water partition coefficient (Wildman–Crippen LogP) is 0.741. The maximum atomic E-state index is 9.14. The van der Waals surface area contributed by atoms with E-state index in [1.165, 1.54) is 0 Å². The number of rotatable bonds is 3. The lowest BCUT2D eigenvalue weighted by atomic mass is 10.0. The zero-order valence-electron chi connectivity index (χ0n) is 6.90. The molecule has 0 aromatic heterocycles. The van der Waals surface area contributed by atoms with Gasteiger partial charge in [0.05, 0.1) is 0 Å². The van der Waals surface area contributed by atoms with Gasteiger partial charge in [-0.1, -0.05) is 12.1 Å². The van der Waals surface area contributed by atoms with E-state index in [0.717, 1.165) is 12.0 Å². The van der Waals surface area contributed by atoms with Crippen molar-refractivity contribution in [1.29, 1.82) is 0 Å². The van der Waals surface area contributed by atoms with E-state index >= 15 is 0 Å². The monoisotopic (exact) mass is 166 g/mol. The highest BCUT2D eigenvalue weighted by Crippen LogP contribution is 2.17. The molecule has 0 aliphatic carbocycles. The van der Waals surface area contributed by atoms with E-state index in [2.05, 4.69) is 0 Å². The number of nitrogens with two attached hydrogens (primary N) is 2. The van der Waals surface area contributed by atoms with Crippen LogP contribution >= 0.6 is 0 Å². The maximum absolute atomic E-state index is 9.14. The van der Waals surface area contributed by atoms with E-state index in [4.69, 9.17) is 16.6 Å². The molecular formula is C9H14N2O. The quantitative estimate of drug-likeness (QED) is 0.620. The first-order valence-corrected chi connectivity index (χ1v) is 3.98. The topological polar surface area (TPSA) is 72.3 Å². The van der Waals surface area contributed by atoms with Crippen molar-refractivity contribution in [2.45, 2.75) is 12.5 Å².